The van der Waals surface area contributed by atoms with Crippen molar-refractivity contribution in [3.63, 3.8) is 0 Å². The van der Waals surface area contributed by atoms with Gasteiger partial charge in [-0.3, -0.25) is 10.1 Å². The highest BCUT2D eigenvalue weighted by atomic mass is 16.6. The lowest BCUT2D eigenvalue weighted by molar-refractivity contribution is -0.385. The zero-order valence-corrected chi connectivity index (χ0v) is 18.4. The second-order valence-corrected chi connectivity index (χ2v) is 7.25. The van der Waals surface area contributed by atoms with E-state index in [1.165, 1.54) is 18.5 Å². The molecule has 0 aliphatic carbocycles. The first-order valence-electron chi connectivity index (χ1n) is 10.7. The summed E-state index contributed by atoms with van der Waals surface area (Å²) in [6, 6.07) is 16.8. The Bertz CT molecular complexity index is 1330. The molecule has 10 nitrogen and oxygen atoms in total. The van der Waals surface area contributed by atoms with Crippen molar-refractivity contribution in [3.05, 3.63) is 82.7 Å². The minimum atomic E-state index is -0.497. The molecule has 0 aliphatic heterocycles. The smallest absolute Gasteiger partial charge is 0.341 e. The van der Waals surface area contributed by atoms with Crippen LogP contribution in [0.15, 0.2) is 67.0 Å². The van der Waals surface area contributed by atoms with Gasteiger partial charge in [-0.15, -0.1) is 0 Å². The van der Waals surface area contributed by atoms with E-state index in [2.05, 4.69) is 25.6 Å². The number of carbonyl (C=O) groups is 1. The zero-order chi connectivity index (χ0) is 23.9. The van der Waals surface area contributed by atoms with Crippen LogP contribution in [0.4, 0.5) is 17.5 Å². The Kier molecular flexibility index (Phi) is 6.87. The molecule has 0 unspecified atom stereocenters. The van der Waals surface area contributed by atoms with E-state index in [1.54, 1.807) is 13.0 Å². The van der Waals surface area contributed by atoms with Crippen LogP contribution in [0.1, 0.15) is 17.3 Å². The average Bonchev–Trinajstić information content (AvgIpc) is 2.86. The van der Waals surface area contributed by atoms with Crippen molar-refractivity contribution in [3.8, 4) is 11.3 Å². The van der Waals surface area contributed by atoms with Crippen LogP contribution in [0.5, 0.6) is 0 Å². The quantitative estimate of drug-likeness (QED) is 0.163. The minimum absolute atomic E-state index is 0.0695. The van der Waals surface area contributed by atoms with E-state index in [-0.39, 0.29) is 17.9 Å². The van der Waals surface area contributed by atoms with E-state index in [1.807, 2.05) is 42.5 Å². The van der Waals surface area contributed by atoms with Gasteiger partial charge in [0, 0.05) is 30.9 Å². The van der Waals surface area contributed by atoms with Crippen LogP contribution < -0.4 is 10.6 Å². The number of rotatable bonds is 9. The Morgan fingerprint density at radius 2 is 1.79 bits per heavy atom. The van der Waals surface area contributed by atoms with Gasteiger partial charge < -0.3 is 15.4 Å². The van der Waals surface area contributed by atoms with Crippen LogP contribution in [0, 0.1) is 10.1 Å². The maximum absolute atomic E-state index is 12.5. The van der Waals surface area contributed by atoms with Crippen LogP contribution in [0.25, 0.3) is 22.0 Å². The summed E-state index contributed by atoms with van der Waals surface area (Å²) >= 11 is 0. The molecule has 2 aromatic carbocycles. The van der Waals surface area contributed by atoms with Crippen LogP contribution in [-0.2, 0) is 4.74 Å². The summed E-state index contributed by atoms with van der Waals surface area (Å²) in [4.78, 5) is 35.6. The topological polar surface area (TPSA) is 132 Å². The van der Waals surface area contributed by atoms with Gasteiger partial charge in [0.05, 0.1) is 17.2 Å². The van der Waals surface area contributed by atoms with Crippen molar-refractivity contribution < 1.29 is 14.5 Å². The van der Waals surface area contributed by atoms with Crippen LogP contribution in [0.3, 0.4) is 0 Å². The van der Waals surface area contributed by atoms with Crippen LogP contribution in [0.2, 0.25) is 0 Å². The lowest BCUT2D eigenvalue weighted by Crippen LogP contribution is -2.17. The van der Waals surface area contributed by atoms with Gasteiger partial charge >= 0.3 is 5.97 Å². The molecular formula is C24H22N6O4. The Morgan fingerprint density at radius 1 is 1.00 bits per heavy atom. The SMILES string of the molecule is CCOC(=O)c1cnc(NCCNc2ccc([N+](=O)[O-])cn2)nc1-c1ccc2ccccc2c1. The number of nitrogens with one attached hydrogen (secondary N) is 2. The maximum Gasteiger partial charge on any atom is 0.341 e. The van der Waals surface area contributed by atoms with Gasteiger partial charge in [0.2, 0.25) is 5.95 Å². The Morgan fingerprint density at radius 3 is 2.53 bits per heavy atom. The third kappa shape index (κ3) is 5.23. The summed E-state index contributed by atoms with van der Waals surface area (Å²) < 4.78 is 5.19. The molecule has 2 heterocycles. The van der Waals surface area contributed by atoms with E-state index in [0.29, 0.717) is 30.5 Å². The molecule has 0 saturated carbocycles. The van der Waals surface area contributed by atoms with Crippen molar-refractivity contribution >= 4 is 34.2 Å². The fraction of sp³-hybridized carbons (Fsp3) is 0.167. The number of aromatic nitrogens is 3. The third-order valence-electron chi connectivity index (χ3n) is 4.98. The monoisotopic (exact) mass is 458 g/mol. The van der Waals surface area contributed by atoms with E-state index in [9.17, 15) is 14.9 Å². The molecule has 2 N–H and O–H groups in total. The van der Waals surface area contributed by atoms with E-state index in [0.717, 1.165) is 16.3 Å². The van der Waals surface area contributed by atoms with Crippen molar-refractivity contribution in [2.75, 3.05) is 30.3 Å². The molecule has 0 spiro atoms. The predicted molar refractivity (Wildman–Crippen MR) is 129 cm³/mol. The second-order valence-electron chi connectivity index (χ2n) is 7.25. The lowest BCUT2D eigenvalue weighted by Gasteiger charge is -2.12. The highest BCUT2D eigenvalue weighted by Gasteiger charge is 2.18. The molecule has 0 radical (unpaired) electrons. The summed E-state index contributed by atoms with van der Waals surface area (Å²) in [6.07, 6.45) is 2.66. The molecule has 4 rings (SSSR count). The lowest BCUT2D eigenvalue weighted by atomic mass is 10.0. The fourth-order valence-electron chi connectivity index (χ4n) is 3.35. The van der Waals surface area contributed by atoms with Crippen molar-refractivity contribution in [1.29, 1.82) is 0 Å². The van der Waals surface area contributed by atoms with Gasteiger partial charge in [0.25, 0.3) is 5.69 Å². The van der Waals surface area contributed by atoms with E-state index < -0.39 is 10.9 Å². The molecule has 0 aliphatic rings. The third-order valence-corrected chi connectivity index (χ3v) is 4.98. The molecule has 34 heavy (non-hydrogen) atoms. The largest absolute Gasteiger partial charge is 0.462 e. The fourth-order valence-corrected chi connectivity index (χ4v) is 3.35. The number of anilines is 2. The molecule has 2 aromatic heterocycles. The summed E-state index contributed by atoms with van der Waals surface area (Å²) in [6.45, 7) is 2.92. The van der Waals surface area contributed by atoms with Gasteiger partial charge in [-0.2, -0.15) is 0 Å². The number of ether oxygens (including phenoxy) is 1. The second kappa shape index (κ2) is 10.3. The zero-order valence-electron chi connectivity index (χ0n) is 18.4. The number of fused-ring (bicyclic) bond motifs is 1. The summed E-state index contributed by atoms with van der Waals surface area (Å²) in [5.41, 5.74) is 1.47. The number of carbonyl (C=O) groups excluding carboxylic acids is 1. The molecule has 10 heteroatoms. The first-order valence-corrected chi connectivity index (χ1v) is 10.7. The van der Waals surface area contributed by atoms with E-state index in [4.69, 9.17) is 4.74 Å². The van der Waals surface area contributed by atoms with E-state index >= 15 is 0 Å². The van der Waals surface area contributed by atoms with Crippen molar-refractivity contribution in [2.24, 2.45) is 0 Å². The van der Waals surface area contributed by atoms with Gasteiger partial charge in [-0.1, -0.05) is 36.4 Å². The minimum Gasteiger partial charge on any atom is -0.462 e. The highest BCUT2D eigenvalue weighted by molar-refractivity contribution is 5.97. The van der Waals surface area contributed by atoms with Gasteiger partial charge in [-0.05, 0) is 29.8 Å². The number of benzene rings is 2. The summed E-state index contributed by atoms with van der Waals surface area (Å²) in [5.74, 6) is 0.389. The number of nitrogens with zero attached hydrogens (tertiary/aromatic N) is 4. The molecule has 0 atom stereocenters. The Hall–Kier alpha value is -4.60. The highest BCUT2D eigenvalue weighted by Crippen LogP contribution is 2.27. The molecule has 0 bridgehead atoms. The number of hydrogen-bond acceptors (Lipinski definition) is 9. The van der Waals surface area contributed by atoms with Gasteiger partial charge in [-0.25, -0.2) is 19.7 Å². The standard InChI is InChI=1S/C24H22N6O4/c1-2-34-23(31)20-15-28-24(26-12-11-25-21-10-9-19(14-27-21)30(32)33)29-22(20)18-8-7-16-5-3-4-6-17(16)13-18/h3-10,13-15H,2,11-12H2,1H3,(H,25,27)(H,26,28,29). The van der Waals surface area contributed by atoms with Crippen molar-refractivity contribution in [2.45, 2.75) is 6.92 Å². The van der Waals surface area contributed by atoms with Gasteiger partial charge in [0.1, 0.15) is 17.6 Å². The first kappa shape index (κ1) is 22.6. The number of nitro groups is 1. The van der Waals surface area contributed by atoms with Crippen molar-refractivity contribution in [1.82, 2.24) is 15.0 Å². The normalized spacial score (nSPS) is 10.6. The number of hydrogen-bond donors (Lipinski definition) is 2. The van der Waals surface area contributed by atoms with Crippen LogP contribution in [-0.4, -0.2) is 45.5 Å². The molecule has 0 fully saturated rings. The number of pyridine rings is 1. The Labute approximate surface area is 195 Å². The predicted octanol–water partition coefficient (Wildman–Crippen LogP) is 4.30. The maximum atomic E-state index is 12.5. The molecule has 0 saturated heterocycles. The first-order chi connectivity index (χ1) is 16.5. The van der Waals surface area contributed by atoms with Crippen LogP contribution >= 0.6 is 0 Å². The number of esters is 1. The molecule has 0 amide bonds. The molecule has 172 valence electrons. The average molecular weight is 458 g/mol. The molecular weight excluding hydrogens is 436 g/mol. The Balaban J connectivity index is 1.50. The molecule has 4 aromatic rings. The summed E-state index contributed by atoms with van der Waals surface area (Å²) in [7, 11) is 0. The van der Waals surface area contributed by atoms with Gasteiger partial charge in [0.15, 0.2) is 0 Å². The summed E-state index contributed by atoms with van der Waals surface area (Å²) in [5, 5.41) is 19.0.